The van der Waals surface area contributed by atoms with Crippen LogP contribution in [-0.4, -0.2) is 19.3 Å². The Kier molecular flexibility index (Phi) is 6.27. The third-order valence-corrected chi connectivity index (χ3v) is 3.60. The number of para-hydroxylation sites is 1. The minimum atomic E-state index is 0.336. The van der Waals surface area contributed by atoms with Gasteiger partial charge in [0.25, 0.3) is 0 Å². The quantitative estimate of drug-likeness (QED) is 0.699. The third-order valence-electron chi connectivity index (χ3n) is 3.60. The monoisotopic (exact) mass is 289 g/mol. The Morgan fingerprint density at radius 1 is 1.19 bits per heavy atom. The van der Waals surface area contributed by atoms with E-state index in [0.717, 1.165) is 50.3 Å². The number of ether oxygens (including phenoxy) is 1. The van der Waals surface area contributed by atoms with Gasteiger partial charge in [0.05, 0.1) is 6.10 Å². The fraction of sp³-hybridized carbons (Fsp3) is 0.556. The average molecular weight is 289 g/mol. The van der Waals surface area contributed by atoms with E-state index in [1.165, 1.54) is 10.9 Å². The average Bonchev–Trinajstić information content (AvgIpc) is 2.84. The van der Waals surface area contributed by atoms with E-state index >= 15 is 0 Å². The summed E-state index contributed by atoms with van der Waals surface area (Å²) in [5.74, 6) is 1.10. The highest BCUT2D eigenvalue weighted by Gasteiger charge is 2.11. The van der Waals surface area contributed by atoms with Gasteiger partial charge in [0, 0.05) is 30.5 Å². The van der Waals surface area contributed by atoms with Gasteiger partial charge in [-0.15, -0.1) is 0 Å². The van der Waals surface area contributed by atoms with Gasteiger partial charge in [0.1, 0.15) is 11.3 Å². The first-order chi connectivity index (χ1) is 10.2. The molecule has 0 amide bonds. The Balaban J connectivity index is 1.80. The fourth-order valence-corrected chi connectivity index (χ4v) is 2.51. The van der Waals surface area contributed by atoms with E-state index in [1.54, 1.807) is 0 Å². The van der Waals surface area contributed by atoms with Gasteiger partial charge in [0.15, 0.2) is 0 Å². The SMILES string of the molecule is CCc1oc2ccccc2c1CNCCCCOC(C)C. The van der Waals surface area contributed by atoms with Crippen LogP contribution in [0.25, 0.3) is 11.0 Å². The molecule has 1 aromatic heterocycles. The molecule has 0 bridgehead atoms. The minimum absolute atomic E-state index is 0.336. The summed E-state index contributed by atoms with van der Waals surface area (Å²) in [6.45, 7) is 9.05. The molecule has 0 saturated heterocycles. The van der Waals surface area contributed by atoms with Gasteiger partial charge in [-0.1, -0.05) is 25.1 Å². The van der Waals surface area contributed by atoms with E-state index in [1.807, 2.05) is 12.1 Å². The van der Waals surface area contributed by atoms with Crippen molar-refractivity contribution in [1.29, 1.82) is 0 Å². The largest absolute Gasteiger partial charge is 0.461 e. The van der Waals surface area contributed by atoms with Crippen LogP contribution in [0.2, 0.25) is 0 Å². The van der Waals surface area contributed by atoms with Crippen LogP contribution in [0, 0.1) is 0 Å². The van der Waals surface area contributed by atoms with Crippen molar-refractivity contribution in [2.45, 2.75) is 52.7 Å². The smallest absolute Gasteiger partial charge is 0.134 e. The van der Waals surface area contributed by atoms with Crippen LogP contribution in [0.4, 0.5) is 0 Å². The summed E-state index contributed by atoms with van der Waals surface area (Å²) in [5, 5.41) is 4.77. The highest BCUT2D eigenvalue weighted by Crippen LogP contribution is 2.26. The van der Waals surface area contributed by atoms with Crippen molar-refractivity contribution in [3.05, 3.63) is 35.6 Å². The second kappa shape index (κ2) is 8.20. The molecule has 0 radical (unpaired) electrons. The first-order valence-electron chi connectivity index (χ1n) is 8.04. The van der Waals surface area contributed by atoms with Crippen LogP contribution in [-0.2, 0) is 17.7 Å². The van der Waals surface area contributed by atoms with Gasteiger partial charge < -0.3 is 14.5 Å². The molecular formula is C18H27NO2. The second-order valence-electron chi connectivity index (χ2n) is 5.66. The van der Waals surface area contributed by atoms with Crippen molar-refractivity contribution in [1.82, 2.24) is 5.32 Å². The van der Waals surface area contributed by atoms with Crippen molar-refractivity contribution in [2.24, 2.45) is 0 Å². The molecule has 116 valence electrons. The van der Waals surface area contributed by atoms with E-state index in [2.05, 4.69) is 38.2 Å². The molecule has 0 unspecified atom stereocenters. The Morgan fingerprint density at radius 2 is 2.00 bits per heavy atom. The van der Waals surface area contributed by atoms with Crippen LogP contribution in [0.3, 0.4) is 0 Å². The van der Waals surface area contributed by atoms with Crippen molar-refractivity contribution < 1.29 is 9.15 Å². The number of hydrogen-bond donors (Lipinski definition) is 1. The maximum absolute atomic E-state index is 5.91. The number of furan rings is 1. The molecule has 2 aromatic rings. The first kappa shape index (κ1) is 16.1. The lowest BCUT2D eigenvalue weighted by atomic mass is 10.1. The zero-order chi connectivity index (χ0) is 15.1. The molecule has 0 aliphatic rings. The molecule has 1 heterocycles. The van der Waals surface area contributed by atoms with E-state index < -0.39 is 0 Å². The third kappa shape index (κ3) is 4.58. The number of nitrogens with one attached hydrogen (secondary N) is 1. The van der Waals surface area contributed by atoms with Gasteiger partial charge in [0.2, 0.25) is 0 Å². The summed E-state index contributed by atoms with van der Waals surface area (Å²) < 4.78 is 11.5. The van der Waals surface area contributed by atoms with E-state index in [-0.39, 0.29) is 0 Å². The van der Waals surface area contributed by atoms with Crippen molar-refractivity contribution in [3.63, 3.8) is 0 Å². The molecule has 1 aromatic carbocycles. The molecule has 0 atom stereocenters. The summed E-state index contributed by atoms with van der Waals surface area (Å²) in [4.78, 5) is 0. The predicted molar refractivity (Wildman–Crippen MR) is 87.6 cm³/mol. The van der Waals surface area contributed by atoms with Gasteiger partial charge in [-0.25, -0.2) is 0 Å². The Hall–Kier alpha value is -1.32. The zero-order valence-corrected chi connectivity index (χ0v) is 13.4. The predicted octanol–water partition coefficient (Wildman–Crippen LogP) is 4.29. The number of fused-ring (bicyclic) bond motifs is 1. The van der Waals surface area contributed by atoms with Crippen molar-refractivity contribution >= 4 is 11.0 Å². The highest BCUT2D eigenvalue weighted by atomic mass is 16.5. The van der Waals surface area contributed by atoms with E-state index in [9.17, 15) is 0 Å². The van der Waals surface area contributed by atoms with Crippen LogP contribution in [0.1, 0.15) is 44.9 Å². The van der Waals surface area contributed by atoms with Gasteiger partial charge >= 0.3 is 0 Å². The molecule has 3 heteroatoms. The summed E-state index contributed by atoms with van der Waals surface area (Å²) >= 11 is 0. The van der Waals surface area contributed by atoms with Crippen LogP contribution >= 0.6 is 0 Å². The van der Waals surface area contributed by atoms with Crippen molar-refractivity contribution in [3.8, 4) is 0 Å². The number of hydrogen-bond acceptors (Lipinski definition) is 3. The number of benzene rings is 1. The highest BCUT2D eigenvalue weighted by molar-refractivity contribution is 5.82. The van der Waals surface area contributed by atoms with Gasteiger partial charge in [-0.2, -0.15) is 0 Å². The summed E-state index contributed by atoms with van der Waals surface area (Å²) in [5.41, 5.74) is 2.31. The molecule has 0 saturated carbocycles. The summed E-state index contributed by atoms with van der Waals surface area (Å²) in [6.07, 6.45) is 3.53. The first-order valence-corrected chi connectivity index (χ1v) is 8.04. The Morgan fingerprint density at radius 3 is 2.76 bits per heavy atom. The normalized spacial score (nSPS) is 11.6. The van der Waals surface area contributed by atoms with Gasteiger partial charge in [-0.3, -0.25) is 0 Å². The topological polar surface area (TPSA) is 34.4 Å². The molecule has 0 fully saturated rings. The van der Waals surface area contributed by atoms with Crippen molar-refractivity contribution in [2.75, 3.05) is 13.2 Å². The standard InChI is InChI=1S/C18H27NO2/c1-4-17-16(15-9-5-6-10-18(15)21-17)13-19-11-7-8-12-20-14(2)3/h5-6,9-10,14,19H,4,7-8,11-13H2,1-3H3. The van der Waals surface area contributed by atoms with E-state index in [4.69, 9.17) is 9.15 Å². The molecule has 0 aliphatic heterocycles. The Bertz CT molecular complexity index is 545. The second-order valence-corrected chi connectivity index (χ2v) is 5.66. The lowest BCUT2D eigenvalue weighted by Gasteiger charge is -2.08. The zero-order valence-electron chi connectivity index (χ0n) is 13.4. The molecule has 0 aliphatic carbocycles. The molecule has 0 spiro atoms. The number of aryl methyl sites for hydroxylation is 1. The molecule has 21 heavy (non-hydrogen) atoms. The van der Waals surface area contributed by atoms with Crippen LogP contribution in [0.15, 0.2) is 28.7 Å². The van der Waals surface area contributed by atoms with Gasteiger partial charge in [-0.05, 0) is 39.3 Å². The lowest BCUT2D eigenvalue weighted by molar-refractivity contribution is 0.0760. The van der Waals surface area contributed by atoms with Crippen LogP contribution in [0.5, 0.6) is 0 Å². The maximum atomic E-state index is 5.91. The molecule has 3 nitrogen and oxygen atoms in total. The summed E-state index contributed by atoms with van der Waals surface area (Å²) in [6, 6.07) is 8.29. The number of rotatable bonds is 9. The maximum Gasteiger partial charge on any atom is 0.134 e. The van der Waals surface area contributed by atoms with E-state index in [0.29, 0.717) is 6.10 Å². The molecule has 1 N–H and O–H groups in total. The Labute approximate surface area is 127 Å². The molecule has 2 rings (SSSR count). The fourth-order valence-electron chi connectivity index (χ4n) is 2.51. The van der Waals surface area contributed by atoms with Crippen LogP contribution < -0.4 is 5.32 Å². The molecular weight excluding hydrogens is 262 g/mol. The number of unbranched alkanes of at least 4 members (excludes halogenated alkanes) is 1. The summed E-state index contributed by atoms with van der Waals surface area (Å²) in [7, 11) is 0. The minimum Gasteiger partial charge on any atom is -0.461 e. The lowest BCUT2D eigenvalue weighted by Crippen LogP contribution is -2.16.